The molecule has 1 aliphatic rings. The van der Waals surface area contributed by atoms with Crippen molar-refractivity contribution in [1.82, 2.24) is 4.90 Å². The average molecular weight is 456 g/mol. The topological polar surface area (TPSA) is 74.6 Å². The molecule has 162 valence electrons. The highest BCUT2D eigenvalue weighted by atomic mass is 32.2. The summed E-state index contributed by atoms with van der Waals surface area (Å²) >= 11 is 3.25. The van der Waals surface area contributed by atoms with Gasteiger partial charge in [0.05, 0.1) is 16.1 Å². The molecule has 0 bridgehead atoms. The molecule has 8 heteroatoms. The number of amides is 2. The first-order valence-corrected chi connectivity index (χ1v) is 12.1. The molecular formula is C23H25N3O3S2. The zero-order valence-electron chi connectivity index (χ0n) is 17.6. The number of thioether (sulfide) groups is 1. The van der Waals surface area contributed by atoms with E-state index in [2.05, 4.69) is 28.5 Å². The van der Waals surface area contributed by atoms with Crippen LogP contribution in [0.4, 0.5) is 10.7 Å². The van der Waals surface area contributed by atoms with Crippen molar-refractivity contribution >= 4 is 45.6 Å². The van der Waals surface area contributed by atoms with E-state index in [0.29, 0.717) is 9.88 Å². The van der Waals surface area contributed by atoms with E-state index in [1.165, 1.54) is 34.7 Å². The lowest BCUT2D eigenvalue weighted by molar-refractivity contribution is 0.0995. The first-order chi connectivity index (χ1) is 15.0. The fourth-order valence-electron chi connectivity index (χ4n) is 3.52. The highest BCUT2D eigenvalue weighted by Crippen LogP contribution is 2.29. The molecule has 1 fully saturated rings. The van der Waals surface area contributed by atoms with Gasteiger partial charge in [0, 0.05) is 36.8 Å². The van der Waals surface area contributed by atoms with Crippen LogP contribution in [0, 0.1) is 13.8 Å². The van der Waals surface area contributed by atoms with E-state index in [9.17, 15) is 9.59 Å². The average Bonchev–Trinajstić information content (AvgIpc) is 3.42. The fourth-order valence-corrected chi connectivity index (χ4v) is 5.46. The molecule has 3 aromatic rings. The Balaban J connectivity index is 1.45. The fraction of sp³-hybridized carbons (Fsp3) is 0.304. The van der Waals surface area contributed by atoms with Gasteiger partial charge in [0.1, 0.15) is 0 Å². The number of hydrogen-bond acceptors (Lipinski definition) is 6. The molecule has 1 saturated heterocycles. The maximum Gasteiger partial charge on any atom is 0.291 e. The number of rotatable bonds is 6. The Hall–Kier alpha value is -2.55. The normalized spacial score (nSPS) is 14.4. The Morgan fingerprint density at radius 2 is 1.87 bits per heavy atom. The highest BCUT2D eigenvalue weighted by Gasteiger charge is 2.18. The molecule has 0 spiro atoms. The van der Waals surface area contributed by atoms with E-state index in [1.807, 2.05) is 30.8 Å². The van der Waals surface area contributed by atoms with Crippen LogP contribution >= 0.6 is 23.1 Å². The zero-order valence-corrected chi connectivity index (χ0v) is 19.2. The van der Waals surface area contributed by atoms with Gasteiger partial charge in [0.15, 0.2) is 5.76 Å². The van der Waals surface area contributed by atoms with Crippen molar-refractivity contribution in [2.75, 3.05) is 35.2 Å². The second kappa shape index (κ2) is 9.72. The molecule has 0 saturated carbocycles. The summed E-state index contributed by atoms with van der Waals surface area (Å²) < 4.78 is 5.12. The summed E-state index contributed by atoms with van der Waals surface area (Å²) in [7, 11) is 0. The van der Waals surface area contributed by atoms with Gasteiger partial charge in [0.2, 0.25) is 0 Å². The van der Waals surface area contributed by atoms with E-state index < -0.39 is 0 Å². The third-order valence-electron chi connectivity index (χ3n) is 5.30. The van der Waals surface area contributed by atoms with Gasteiger partial charge in [0.25, 0.3) is 11.8 Å². The highest BCUT2D eigenvalue weighted by molar-refractivity contribution is 7.99. The van der Waals surface area contributed by atoms with Crippen molar-refractivity contribution < 1.29 is 14.0 Å². The van der Waals surface area contributed by atoms with Crippen molar-refractivity contribution in [3.8, 4) is 0 Å². The van der Waals surface area contributed by atoms with Crippen LogP contribution in [0.15, 0.2) is 47.1 Å². The maximum absolute atomic E-state index is 13.0. The predicted octanol–water partition coefficient (Wildman–Crippen LogP) is 5.01. The minimum absolute atomic E-state index is 0.171. The maximum atomic E-state index is 13.0. The van der Waals surface area contributed by atoms with Gasteiger partial charge in [-0.05, 0) is 54.8 Å². The second-order valence-corrected chi connectivity index (χ2v) is 9.76. The summed E-state index contributed by atoms with van der Waals surface area (Å²) in [4.78, 5) is 28.2. The molecule has 0 radical (unpaired) electrons. The van der Waals surface area contributed by atoms with Crippen molar-refractivity contribution in [1.29, 1.82) is 0 Å². The molecule has 31 heavy (non-hydrogen) atoms. The molecule has 2 aromatic heterocycles. The SMILES string of the molecule is Cc1cc(NC(=O)c2ccco2)sc1C(=O)Nc1cccc(CN2CCSCC2)c1C. The van der Waals surface area contributed by atoms with E-state index >= 15 is 0 Å². The first kappa shape index (κ1) is 21.7. The lowest BCUT2D eigenvalue weighted by atomic mass is 10.1. The van der Waals surface area contributed by atoms with Crippen LogP contribution in [0.2, 0.25) is 0 Å². The molecule has 1 aliphatic heterocycles. The molecule has 2 N–H and O–H groups in total. The van der Waals surface area contributed by atoms with Crippen molar-refractivity contribution in [2.24, 2.45) is 0 Å². The smallest absolute Gasteiger partial charge is 0.291 e. The monoisotopic (exact) mass is 455 g/mol. The lowest BCUT2D eigenvalue weighted by Crippen LogP contribution is -2.32. The zero-order chi connectivity index (χ0) is 21.8. The summed E-state index contributed by atoms with van der Waals surface area (Å²) in [5.41, 5.74) is 3.97. The van der Waals surface area contributed by atoms with E-state index in [-0.39, 0.29) is 17.6 Å². The number of nitrogens with one attached hydrogen (secondary N) is 2. The Bertz CT molecular complexity index is 1070. The molecule has 2 amide bonds. The minimum atomic E-state index is -0.335. The first-order valence-electron chi connectivity index (χ1n) is 10.2. The van der Waals surface area contributed by atoms with E-state index in [0.717, 1.165) is 36.4 Å². The van der Waals surface area contributed by atoms with Gasteiger partial charge in [-0.3, -0.25) is 14.5 Å². The number of carbonyl (C=O) groups excluding carboxylic acids is 2. The van der Waals surface area contributed by atoms with Crippen LogP contribution in [0.1, 0.15) is 36.9 Å². The van der Waals surface area contributed by atoms with Gasteiger partial charge in [-0.1, -0.05) is 12.1 Å². The number of thiophene rings is 1. The third kappa shape index (κ3) is 5.20. The molecular weight excluding hydrogens is 430 g/mol. The summed E-state index contributed by atoms with van der Waals surface area (Å²) in [6.45, 7) is 7.02. The lowest BCUT2D eigenvalue weighted by Gasteiger charge is -2.27. The summed E-state index contributed by atoms with van der Waals surface area (Å²) in [5, 5.41) is 6.45. The predicted molar refractivity (Wildman–Crippen MR) is 127 cm³/mol. The number of anilines is 2. The van der Waals surface area contributed by atoms with Crippen LogP contribution in [0.25, 0.3) is 0 Å². The van der Waals surface area contributed by atoms with Crippen LogP contribution in [0.5, 0.6) is 0 Å². The summed E-state index contributed by atoms with van der Waals surface area (Å²) in [5.74, 6) is 2.07. The van der Waals surface area contributed by atoms with Crippen LogP contribution in [-0.4, -0.2) is 41.3 Å². The second-order valence-electron chi connectivity index (χ2n) is 7.49. The number of nitrogens with zero attached hydrogens (tertiary/aromatic N) is 1. The summed E-state index contributed by atoms with van der Waals surface area (Å²) in [6.07, 6.45) is 1.45. The Morgan fingerprint density at radius 3 is 2.61 bits per heavy atom. The van der Waals surface area contributed by atoms with Crippen LogP contribution < -0.4 is 10.6 Å². The molecule has 3 heterocycles. The largest absolute Gasteiger partial charge is 0.459 e. The van der Waals surface area contributed by atoms with Gasteiger partial charge in [-0.15, -0.1) is 11.3 Å². The van der Waals surface area contributed by atoms with Crippen LogP contribution in [-0.2, 0) is 6.54 Å². The molecule has 0 atom stereocenters. The van der Waals surface area contributed by atoms with Gasteiger partial charge >= 0.3 is 0 Å². The standard InChI is InChI=1S/C23H25N3O3S2/c1-15-13-20(25-22(27)19-7-4-10-29-19)31-21(15)23(28)24-18-6-3-5-17(16(18)2)14-26-8-11-30-12-9-26/h3-7,10,13H,8-9,11-12,14H2,1-2H3,(H,24,28)(H,25,27). The van der Waals surface area contributed by atoms with Gasteiger partial charge < -0.3 is 15.1 Å². The Labute approximate surface area is 190 Å². The quantitative estimate of drug-likeness (QED) is 0.546. The Morgan fingerprint density at radius 1 is 1.06 bits per heavy atom. The minimum Gasteiger partial charge on any atom is -0.459 e. The number of furan rings is 1. The molecule has 0 unspecified atom stereocenters. The van der Waals surface area contributed by atoms with Crippen molar-refractivity contribution in [2.45, 2.75) is 20.4 Å². The number of carbonyl (C=O) groups is 2. The van der Waals surface area contributed by atoms with Crippen molar-refractivity contribution in [3.05, 3.63) is 70.0 Å². The molecule has 0 aliphatic carbocycles. The van der Waals surface area contributed by atoms with Crippen LogP contribution in [0.3, 0.4) is 0 Å². The third-order valence-corrected chi connectivity index (χ3v) is 7.39. The van der Waals surface area contributed by atoms with Gasteiger partial charge in [-0.25, -0.2) is 0 Å². The Kier molecular flexibility index (Phi) is 6.80. The number of benzene rings is 1. The van der Waals surface area contributed by atoms with Gasteiger partial charge in [-0.2, -0.15) is 11.8 Å². The van der Waals surface area contributed by atoms with Crippen molar-refractivity contribution in [3.63, 3.8) is 0 Å². The number of hydrogen-bond donors (Lipinski definition) is 2. The summed E-state index contributed by atoms with van der Waals surface area (Å²) in [6, 6.07) is 11.1. The molecule has 4 rings (SSSR count). The van der Waals surface area contributed by atoms with E-state index in [4.69, 9.17) is 4.42 Å². The molecule has 6 nitrogen and oxygen atoms in total. The molecule has 1 aromatic carbocycles. The number of aryl methyl sites for hydroxylation is 1. The van der Waals surface area contributed by atoms with E-state index in [1.54, 1.807) is 18.2 Å².